The van der Waals surface area contributed by atoms with Crippen molar-refractivity contribution < 1.29 is 23.8 Å². The number of carbonyl (C=O) groups excluding carboxylic acids is 2. The van der Waals surface area contributed by atoms with Crippen LogP contribution in [-0.2, 0) is 16.1 Å². The van der Waals surface area contributed by atoms with E-state index in [9.17, 15) is 9.59 Å². The van der Waals surface area contributed by atoms with Gasteiger partial charge in [0.1, 0.15) is 16.5 Å². The van der Waals surface area contributed by atoms with Gasteiger partial charge in [0.2, 0.25) is 0 Å². The van der Waals surface area contributed by atoms with Crippen LogP contribution in [0.4, 0.5) is 0 Å². The molecule has 7 nitrogen and oxygen atoms in total. The number of amides is 1. The van der Waals surface area contributed by atoms with Crippen molar-refractivity contribution in [2.24, 2.45) is 0 Å². The number of methoxy groups -OCH3 is 2. The normalized spacial score (nSPS) is 11.7. The molecular weight excluding hydrogens is 392 g/mol. The number of fused-ring (bicyclic) bond motifs is 1. The number of carbonyl (C=O) groups is 2. The SMILES string of the molecule is COc1cc(OC)cc(C(=O)OC(C)C(=O)N(C)Cc2nc3ccccc3s2)c1. The predicted octanol–water partition coefficient (Wildman–Crippen LogP) is 3.52. The van der Waals surface area contributed by atoms with Crippen LogP contribution in [0.5, 0.6) is 11.5 Å². The first-order valence-electron chi connectivity index (χ1n) is 8.94. The lowest BCUT2D eigenvalue weighted by Gasteiger charge is -2.20. The lowest BCUT2D eigenvalue weighted by molar-refractivity contribution is -0.139. The molecule has 0 aliphatic rings. The molecular formula is C21H22N2O5S. The average Bonchev–Trinajstić information content (AvgIpc) is 3.14. The van der Waals surface area contributed by atoms with Gasteiger partial charge >= 0.3 is 5.97 Å². The molecule has 0 spiro atoms. The molecule has 0 saturated carbocycles. The van der Waals surface area contributed by atoms with Crippen molar-refractivity contribution in [1.29, 1.82) is 0 Å². The zero-order chi connectivity index (χ0) is 21.0. The van der Waals surface area contributed by atoms with E-state index < -0.39 is 12.1 Å². The summed E-state index contributed by atoms with van der Waals surface area (Å²) in [6.07, 6.45) is -0.945. The Bertz CT molecular complexity index is 978. The third kappa shape index (κ3) is 4.83. The van der Waals surface area contributed by atoms with Gasteiger partial charge in [0.15, 0.2) is 6.10 Å². The molecule has 3 rings (SSSR count). The lowest BCUT2D eigenvalue weighted by Crippen LogP contribution is -2.37. The first kappa shape index (κ1) is 20.6. The molecule has 29 heavy (non-hydrogen) atoms. The predicted molar refractivity (Wildman–Crippen MR) is 111 cm³/mol. The molecule has 0 saturated heterocycles. The zero-order valence-electron chi connectivity index (χ0n) is 16.7. The number of esters is 1. The van der Waals surface area contributed by atoms with E-state index in [1.807, 2.05) is 24.3 Å². The fraction of sp³-hybridized carbons (Fsp3) is 0.286. The summed E-state index contributed by atoms with van der Waals surface area (Å²) in [5.74, 6) is -0.0182. The van der Waals surface area contributed by atoms with Crippen molar-refractivity contribution in [3.8, 4) is 11.5 Å². The van der Waals surface area contributed by atoms with Crippen LogP contribution in [-0.4, -0.2) is 49.1 Å². The second-order valence-corrected chi connectivity index (χ2v) is 7.53. The summed E-state index contributed by atoms with van der Waals surface area (Å²) in [5, 5.41) is 0.818. The van der Waals surface area contributed by atoms with Crippen molar-refractivity contribution in [2.75, 3.05) is 21.3 Å². The van der Waals surface area contributed by atoms with Gasteiger partial charge in [0.05, 0.1) is 36.5 Å². The summed E-state index contributed by atoms with van der Waals surface area (Å²) in [5.41, 5.74) is 1.15. The molecule has 0 bridgehead atoms. The van der Waals surface area contributed by atoms with E-state index in [0.717, 1.165) is 15.2 Å². The van der Waals surface area contributed by atoms with Crippen LogP contribution in [0, 0.1) is 0 Å². The Balaban J connectivity index is 1.65. The molecule has 3 aromatic rings. The summed E-state index contributed by atoms with van der Waals surface area (Å²) in [6.45, 7) is 1.89. The molecule has 152 valence electrons. The van der Waals surface area contributed by atoms with E-state index in [1.54, 1.807) is 20.0 Å². The number of likely N-dealkylation sites (N-methyl/N-ethyl adjacent to an activating group) is 1. The number of thiazole rings is 1. The molecule has 1 unspecified atom stereocenters. The summed E-state index contributed by atoms with van der Waals surface area (Å²) in [6, 6.07) is 12.5. The quantitative estimate of drug-likeness (QED) is 0.551. The molecule has 8 heteroatoms. The van der Waals surface area contributed by atoms with Gasteiger partial charge in [-0.25, -0.2) is 9.78 Å². The third-order valence-corrected chi connectivity index (χ3v) is 5.33. The molecule has 1 atom stereocenters. The highest BCUT2D eigenvalue weighted by Crippen LogP contribution is 2.24. The molecule has 0 aliphatic heterocycles. The van der Waals surface area contributed by atoms with Gasteiger partial charge in [-0.1, -0.05) is 12.1 Å². The number of aromatic nitrogens is 1. The molecule has 0 N–H and O–H groups in total. The van der Waals surface area contributed by atoms with Gasteiger partial charge in [0.25, 0.3) is 5.91 Å². The zero-order valence-corrected chi connectivity index (χ0v) is 17.5. The summed E-state index contributed by atoms with van der Waals surface area (Å²) >= 11 is 1.53. The Hall–Kier alpha value is -3.13. The largest absolute Gasteiger partial charge is 0.497 e. The minimum absolute atomic E-state index is 0.245. The number of hydrogen-bond donors (Lipinski definition) is 0. The van der Waals surface area contributed by atoms with E-state index in [0.29, 0.717) is 18.0 Å². The van der Waals surface area contributed by atoms with Crippen LogP contribution >= 0.6 is 11.3 Å². The summed E-state index contributed by atoms with van der Waals surface area (Å²) in [7, 11) is 4.65. The number of para-hydroxylation sites is 1. The van der Waals surface area contributed by atoms with Gasteiger partial charge in [-0.2, -0.15) is 0 Å². The Morgan fingerprint density at radius 2 is 1.76 bits per heavy atom. The van der Waals surface area contributed by atoms with Crippen LogP contribution < -0.4 is 9.47 Å². The van der Waals surface area contributed by atoms with Gasteiger partial charge < -0.3 is 19.1 Å². The number of ether oxygens (including phenoxy) is 3. The van der Waals surface area contributed by atoms with E-state index in [-0.39, 0.29) is 11.5 Å². The number of rotatable bonds is 7. The van der Waals surface area contributed by atoms with Crippen LogP contribution in [0.3, 0.4) is 0 Å². The minimum Gasteiger partial charge on any atom is -0.497 e. The first-order valence-corrected chi connectivity index (χ1v) is 9.76. The Morgan fingerprint density at radius 3 is 2.38 bits per heavy atom. The molecule has 1 heterocycles. The smallest absolute Gasteiger partial charge is 0.339 e. The fourth-order valence-electron chi connectivity index (χ4n) is 2.78. The van der Waals surface area contributed by atoms with Gasteiger partial charge in [-0.3, -0.25) is 4.79 Å². The highest BCUT2D eigenvalue weighted by atomic mass is 32.1. The maximum Gasteiger partial charge on any atom is 0.339 e. The molecule has 1 aromatic heterocycles. The number of benzene rings is 2. The van der Waals surface area contributed by atoms with Gasteiger partial charge in [-0.05, 0) is 31.2 Å². The monoisotopic (exact) mass is 414 g/mol. The second kappa shape index (κ2) is 8.91. The topological polar surface area (TPSA) is 78.0 Å². The van der Waals surface area contributed by atoms with E-state index in [4.69, 9.17) is 14.2 Å². The highest BCUT2D eigenvalue weighted by molar-refractivity contribution is 7.18. The van der Waals surface area contributed by atoms with E-state index in [2.05, 4.69) is 4.98 Å². The Labute approximate surface area is 172 Å². The second-order valence-electron chi connectivity index (χ2n) is 6.42. The van der Waals surface area contributed by atoms with E-state index >= 15 is 0 Å². The van der Waals surface area contributed by atoms with Crippen molar-refractivity contribution in [3.05, 3.63) is 53.0 Å². The van der Waals surface area contributed by atoms with Crippen molar-refractivity contribution in [2.45, 2.75) is 19.6 Å². The average molecular weight is 414 g/mol. The van der Waals surface area contributed by atoms with E-state index in [1.165, 1.54) is 42.6 Å². The van der Waals surface area contributed by atoms with Crippen LogP contribution in [0.25, 0.3) is 10.2 Å². The van der Waals surface area contributed by atoms with Gasteiger partial charge in [-0.15, -0.1) is 11.3 Å². The van der Waals surface area contributed by atoms with Crippen molar-refractivity contribution in [1.82, 2.24) is 9.88 Å². The molecule has 0 aliphatic carbocycles. The first-order chi connectivity index (χ1) is 13.9. The van der Waals surface area contributed by atoms with Crippen molar-refractivity contribution in [3.63, 3.8) is 0 Å². The maximum absolute atomic E-state index is 12.7. The summed E-state index contributed by atoms with van der Waals surface area (Å²) in [4.78, 5) is 31.2. The Morgan fingerprint density at radius 1 is 1.10 bits per heavy atom. The Kier molecular flexibility index (Phi) is 6.33. The van der Waals surface area contributed by atoms with Crippen molar-refractivity contribution >= 4 is 33.4 Å². The van der Waals surface area contributed by atoms with Crippen LogP contribution in [0.15, 0.2) is 42.5 Å². The molecule has 1 amide bonds. The number of hydrogen-bond acceptors (Lipinski definition) is 7. The highest BCUT2D eigenvalue weighted by Gasteiger charge is 2.23. The molecule has 0 fully saturated rings. The standard InChI is InChI=1S/C21H22N2O5S/c1-13(28-21(25)14-9-15(26-3)11-16(10-14)27-4)20(24)23(2)12-19-22-17-7-5-6-8-18(17)29-19/h5-11,13H,12H2,1-4H3. The number of nitrogens with zero attached hydrogens (tertiary/aromatic N) is 2. The molecule has 2 aromatic carbocycles. The maximum atomic E-state index is 12.7. The molecule has 0 radical (unpaired) electrons. The summed E-state index contributed by atoms with van der Waals surface area (Å²) < 4.78 is 16.7. The van der Waals surface area contributed by atoms with Crippen LogP contribution in [0.2, 0.25) is 0 Å². The third-order valence-electron chi connectivity index (χ3n) is 4.31. The fourth-order valence-corrected chi connectivity index (χ4v) is 3.80. The lowest BCUT2D eigenvalue weighted by atomic mass is 10.2. The van der Waals surface area contributed by atoms with Crippen LogP contribution in [0.1, 0.15) is 22.3 Å². The minimum atomic E-state index is -0.945. The van der Waals surface area contributed by atoms with Gasteiger partial charge in [0, 0.05) is 13.1 Å².